The van der Waals surface area contributed by atoms with Crippen molar-refractivity contribution in [1.82, 2.24) is 4.48 Å². The van der Waals surface area contributed by atoms with Gasteiger partial charge in [0.2, 0.25) is 0 Å². The van der Waals surface area contributed by atoms with Crippen molar-refractivity contribution in [2.24, 2.45) is 0 Å². The lowest BCUT2D eigenvalue weighted by atomic mass is 10.1. The van der Waals surface area contributed by atoms with Crippen molar-refractivity contribution in [1.29, 1.82) is 0 Å². The fraction of sp³-hybridized carbons (Fsp3) is 0.667. The second kappa shape index (κ2) is 22.2. The topological polar surface area (TPSA) is 41.9 Å². The highest BCUT2D eigenvalue weighted by Gasteiger charge is 2.30. The van der Waals surface area contributed by atoms with E-state index >= 15 is 0 Å². The Morgan fingerprint density at radius 2 is 0.951 bits per heavy atom. The number of carbonyl (C=O) groups excluding carboxylic acids is 2. The summed E-state index contributed by atoms with van der Waals surface area (Å²) in [7, 11) is 0. The number of quaternary nitrogens is 1. The number of aryl methyl sites for hydroxylation is 3. The van der Waals surface area contributed by atoms with Crippen molar-refractivity contribution in [3.05, 3.63) is 54.6 Å². The van der Waals surface area contributed by atoms with Crippen LogP contribution in [-0.4, -0.2) is 19.4 Å². The second-order valence-corrected chi connectivity index (χ2v) is 12.0. The largest absolute Gasteiger partial charge is 0.313 e. The van der Waals surface area contributed by atoms with Gasteiger partial charge in [-0.05, 0) is 37.7 Å². The molecule has 5 heteroatoms. The molecular weight excluding hydrogens is 506 g/mol. The summed E-state index contributed by atoms with van der Waals surface area (Å²) >= 11 is 0. The van der Waals surface area contributed by atoms with Gasteiger partial charge in [-0.2, -0.15) is 4.48 Å². The quantitative estimate of drug-likeness (QED) is 0.0499. The Morgan fingerprint density at radius 3 is 1.39 bits per heavy atom. The van der Waals surface area contributed by atoms with Gasteiger partial charge in [0.05, 0.1) is 18.7 Å². The Hall–Kier alpha value is -2.40. The molecule has 0 spiro atoms. The Kier molecular flexibility index (Phi) is 18.9. The number of nitrogens with zero attached hydrogens (tertiary/aromatic N) is 3. The van der Waals surface area contributed by atoms with Crippen LogP contribution in [0, 0.1) is 0 Å². The van der Waals surface area contributed by atoms with Crippen molar-refractivity contribution < 1.29 is 18.7 Å². The molecule has 0 N–H and O–H groups in total. The van der Waals surface area contributed by atoms with E-state index in [2.05, 4.69) is 47.5 Å². The molecule has 0 aromatic carbocycles. The van der Waals surface area contributed by atoms with Crippen LogP contribution < -0.4 is 13.6 Å². The van der Waals surface area contributed by atoms with E-state index in [4.69, 9.17) is 0 Å². The number of imide groups is 1. The van der Waals surface area contributed by atoms with E-state index in [0.717, 1.165) is 57.3 Å². The highest BCUT2D eigenvalue weighted by Crippen LogP contribution is 2.19. The number of hydrogen-bond donors (Lipinski definition) is 0. The van der Waals surface area contributed by atoms with Crippen LogP contribution in [0.25, 0.3) is 0 Å². The molecule has 0 atom stereocenters. The molecule has 0 fully saturated rings. The Morgan fingerprint density at radius 1 is 0.537 bits per heavy atom. The molecule has 0 saturated heterocycles. The molecule has 2 amide bonds. The lowest BCUT2D eigenvalue weighted by Crippen LogP contribution is -2.48. The highest BCUT2D eigenvalue weighted by molar-refractivity contribution is 5.88. The third kappa shape index (κ3) is 14.4. The molecule has 0 aliphatic carbocycles. The number of rotatable bonds is 26. The highest BCUT2D eigenvalue weighted by atomic mass is 16.2. The summed E-state index contributed by atoms with van der Waals surface area (Å²) in [6.07, 6.45) is 34.0. The summed E-state index contributed by atoms with van der Waals surface area (Å²) < 4.78 is 4.20. The van der Waals surface area contributed by atoms with Crippen LogP contribution in [-0.2, 0) is 29.1 Å². The number of aromatic nitrogens is 2. The van der Waals surface area contributed by atoms with Crippen LogP contribution in [0.3, 0.4) is 0 Å². The molecule has 0 unspecified atom stereocenters. The van der Waals surface area contributed by atoms with Crippen LogP contribution in [0.4, 0.5) is 5.69 Å². The average molecular weight is 567 g/mol. The lowest BCUT2D eigenvalue weighted by Gasteiger charge is -2.23. The van der Waals surface area contributed by atoms with Crippen LogP contribution >= 0.6 is 0 Å². The fourth-order valence-electron chi connectivity index (χ4n) is 5.62. The van der Waals surface area contributed by atoms with Gasteiger partial charge in [-0.15, -0.1) is 0 Å². The molecule has 228 valence electrons. The zero-order valence-corrected chi connectivity index (χ0v) is 26.5. The van der Waals surface area contributed by atoms with Crippen molar-refractivity contribution in [3.63, 3.8) is 0 Å². The van der Waals surface area contributed by atoms with Gasteiger partial charge in [-0.25, -0.2) is 18.7 Å². The Bertz CT molecular complexity index is 919. The Labute approximate surface area is 251 Å². The van der Waals surface area contributed by atoms with Crippen LogP contribution in [0.5, 0.6) is 0 Å². The molecule has 0 saturated carbocycles. The van der Waals surface area contributed by atoms with Gasteiger partial charge in [-0.3, -0.25) is 0 Å². The third-order valence-electron chi connectivity index (χ3n) is 8.47. The van der Waals surface area contributed by atoms with E-state index in [1.54, 1.807) is 0 Å². The molecule has 0 aliphatic rings. The molecule has 0 aliphatic heterocycles. The molecule has 41 heavy (non-hydrogen) atoms. The molecule has 5 nitrogen and oxygen atoms in total. The van der Waals surface area contributed by atoms with Gasteiger partial charge in [0.15, 0.2) is 30.5 Å². The average Bonchev–Trinajstić information content (AvgIpc) is 3.01. The number of hydrogen-bond acceptors (Lipinski definition) is 2. The number of pyridine rings is 2. The minimum atomic E-state index is -0.258. The van der Waals surface area contributed by atoms with Crippen LogP contribution in [0.2, 0.25) is 0 Å². The summed E-state index contributed by atoms with van der Waals surface area (Å²) in [6, 6.07) is 8.31. The van der Waals surface area contributed by atoms with Crippen LogP contribution in [0.1, 0.15) is 135 Å². The predicted molar refractivity (Wildman–Crippen MR) is 170 cm³/mol. The van der Waals surface area contributed by atoms with E-state index in [9.17, 15) is 9.59 Å². The lowest BCUT2D eigenvalue weighted by molar-refractivity contribution is -0.697. The summed E-state index contributed by atoms with van der Waals surface area (Å²) in [5.74, 6) is 0. The van der Waals surface area contributed by atoms with E-state index in [0.29, 0.717) is 6.54 Å². The van der Waals surface area contributed by atoms with E-state index in [-0.39, 0.29) is 4.48 Å². The van der Waals surface area contributed by atoms with Crippen molar-refractivity contribution in [3.8, 4) is 0 Å². The van der Waals surface area contributed by atoms with Gasteiger partial charge in [0, 0.05) is 25.0 Å². The fourth-order valence-corrected chi connectivity index (χ4v) is 5.62. The molecule has 2 heterocycles. The zero-order valence-electron chi connectivity index (χ0n) is 26.5. The maximum absolute atomic E-state index is 12.1. The molecule has 0 bridgehead atoms. The van der Waals surface area contributed by atoms with Gasteiger partial charge < -0.3 is 0 Å². The van der Waals surface area contributed by atoms with Crippen LogP contribution in [0.15, 0.2) is 49.1 Å². The first-order valence-electron chi connectivity index (χ1n) is 16.9. The SMILES string of the molecule is CCCCCCCCCC[n+]1ccc(CCCC[N+](C=O)(C=O)c2cc[n+](CCCCCCCCCC)cc2)cc1. The van der Waals surface area contributed by atoms with Crippen molar-refractivity contribution in [2.75, 3.05) is 6.54 Å². The molecule has 2 aromatic heterocycles. The number of carbonyl (C=O) groups is 2. The summed E-state index contributed by atoms with van der Waals surface area (Å²) in [6.45, 7) is 7.09. The monoisotopic (exact) mass is 566 g/mol. The normalized spacial score (nSPS) is 11.6. The maximum atomic E-state index is 12.1. The Balaban J connectivity index is 1.68. The predicted octanol–water partition coefficient (Wildman–Crippen LogP) is 8.19. The molecule has 2 rings (SSSR count). The molecular formula is C36H60N3O2+3. The standard InChI is InChI=1S/C36H60N3O2/c1-3-5-7-9-11-13-15-18-26-37-28-22-35(23-29-37)21-17-20-32-39(33-40,34-41)36-24-30-38(31-25-36)27-19-16-14-12-10-8-6-4-2/h22-25,28-31,33-34H,3-21,26-27,32H2,1-2H3/q+3. The van der Waals surface area contributed by atoms with E-state index in [1.807, 2.05) is 24.5 Å². The zero-order chi connectivity index (χ0) is 29.4. The first kappa shape index (κ1) is 34.8. The second-order valence-electron chi connectivity index (χ2n) is 12.0. The van der Waals surface area contributed by atoms with Crippen molar-refractivity contribution in [2.45, 2.75) is 149 Å². The third-order valence-corrected chi connectivity index (χ3v) is 8.47. The van der Waals surface area contributed by atoms with Gasteiger partial charge in [0.25, 0.3) is 0 Å². The van der Waals surface area contributed by atoms with Crippen molar-refractivity contribution >= 4 is 18.5 Å². The minimum absolute atomic E-state index is 0.258. The van der Waals surface area contributed by atoms with E-state index in [1.165, 1.54) is 102 Å². The first-order valence-corrected chi connectivity index (χ1v) is 16.9. The molecule has 0 radical (unpaired) electrons. The maximum Gasteiger partial charge on any atom is 0.313 e. The summed E-state index contributed by atoms with van der Waals surface area (Å²) in [4.78, 5) is 24.2. The van der Waals surface area contributed by atoms with Gasteiger partial charge >= 0.3 is 12.8 Å². The van der Waals surface area contributed by atoms with Gasteiger partial charge in [0.1, 0.15) is 13.1 Å². The molecule has 2 aromatic rings. The number of amides is 2. The smallest absolute Gasteiger partial charge is 0.233 e. The number of unbranched alkanes of at least 4 members (excludes halogenated alkanes) is 15. The minimum Gasteiger partial charge on any atom is -0.233 e. The first-order chi connectivity index (χ1) is 20.2. The van der Waals surface area contributed by atoms with E-state index < -0.39 is 0 Å². The summed E-state index contributed by atoms with van der Waals surface area (Å²) in [5.41, 5.74) is 2.07. The van der Waals surface area contributed by atoms with Gasteiger partial charge in [-0.1, -0.05) is 90.9 Å². The summed E-state index contributed by atoms with van der Waals surface area (Å²) in [5, 5.41) is 0.